The molecule has 0 atom stereocenters. The molecule has 2 rings (SSSR count). The van der Waals surface area contributed by atoms with E-state index < -0.39 is 0 Å². The van der Waals surface area contributed by atoms with Crippen LogP contribution in [0.4, 0.5) is 0 Å². The fourth-order valence-electron chi connectivity index (χ4n) is 2.36. The molecule has 0 N–H and O–H groups in total. The van der Waals surface area contributed by atoms with E-state index in [1.165, 1.54) is 17.3 Å². The molecule has 1 aromatic carbocycles. The maximum Gasteiger partial charge on any atom is 0.277 e. The van der Waals surface area contributed by atoms with Crippen LogP contribution >= 0.6 is 23.5 Å². The van der Waals surface area contributed by atoms with E-state index in [0.717, 1.165) is 11.1 Å². The topological polar surface area (TPSA) is 56.0 Å². The van der Waals surface area contributed by atoms with E-state index in [0.29, 0.717) is 34.5 Å². The van der Waals surface area contributed by atoms with E-state index in [-0.39, 0.29) is 5.78 Å². The molecule has 6 heteroatoms. The first-order valence-electron chi connectivity index (χ1n) is 8.03. The van der Waals surface area contributed by atoms with Crippen molar-refractivity contribution < 1.29 is 9.21 Å². The minimum atomic E-state index is 0.101. The first-order valence-corrected chi connectivity index (χ1v) is 10.4. The predicted molar refractivity (Wildman–Crippen MR) is 101 cm³/mol. The summed E-state index contributed by atoms with van der Waals surface area (Å²) in [5.74, 6) is 2.46. The van der Waals surface area contributed by atoms with Crippen LogP contribution in [0.2, 0.25) is 0 Å². The zero-order valence-corrected chi connectivity index (χ0v) is 16.5. The molecule has 0 radical (unpaired) electrons. The van der Waals surface area contributed by atoms with Crippen molar-refractivity contribution in [1.29, 1.82) is 0 Å². The molecule has 0 fully saturated rings. The van der Waals surface area contributed by atoms with Gasteiger partial charge in [0, 0.05) is 5.56 Å². The highest BCUT2D eigenvalue weighted by molar-refractivity contribution is 7.99. The second-order valence-corrected chi connectivity index (χ2v) is 8.06. The molecule has 130 valence electrons. The predicted octanol–water partition coefficient (Wildman–Crippen LogP) is 5.15. The van der Waals surface area contributed by atoms with E-state index in [9.17, 15) is 4.79 Å². The zero-order chi connectivity index (χ0) is 17.7. The van der Waals surface area contributed by atoms with Crippen LogP contribution < -0.4 is 0 Å². The van der Waals surface area contributed by atoms with Gasteiger partial charge in [0.25, 0.3) is 5.22 Å². The van der Waals surface area contributed by atoms with Crippen molar-refractivity contribution in [2.24, 2.45) is 0 Å². The second-order valence-electron chi connectivity index (χ2n) is 6.26. The molecule has 0 amide bonds. The van der Waals surface area contributed by atoms with Gasteiger partial charge in [-0.15, -0.1) is 10.2 Å². The first-order chi connectivity index (χ1) is 11.4. The molecule has 0 aliphatic carbocycles. The quantitative estimate of drug-likeness (QED) is 0.477. The molecule has 0 spiro atoms. The van der Waals surface area contributed by atoms with Gasteiger partial charge >= 0.3 is 0 Å². The smallest absolute Gasteiger partial charge is 0.277 e. The Labute approximate surface area is 152 Å². The van der Waals surface area contributed by atoms with Gasteiger partial charge in [-0.25, -0.2) is 0 Å². The number of ketones is 1. The maximum atomic E-state index is 12.6. The molecule has 0 saturated heterocycles. The lowest BCUT2D eigenvalue weighted by Crippen LogP contribution is -2.08. The Morgan fingerprint density at radius 3 is 2.54 bits per heavy atom. The van der Waals surface area contributed by atoms with Crippen LogP contribution in [0, 0.1) is 0 Å². The van der Waals surface area contributed by atoms with Crippen molar-refractivity contribution in [3.05, 3.63) is 40.8 Å². The number of carbonyl (C=O) groups is 1. The Morgan fingerprint density at radius 1 is 1.17 bits per heavy atom. The minimum absolute atomic E-state index is 0.101. The molecule has 4 nitrogen and oxygen atoms in total. The Hall–Kier alpha value is -1.27. The highest BCUT2D eigenvalue weighted by atomic mass is 32.2. The number of aromatic nitrogens is 2. The Morgan fingerprint density at radius 2 is 1.92 bits per heavy atom. The van der Waals surface area contributed by atoms with Crippen LogP contribution in [0.25, 0.3) is 0 Å². The molecule has 0 unspecified atom stereocenters. The maximum absolute atomic E-state index is 12.6. The minimum Gasteiger partial charge on any atom is -0.415 e. The van der Waals surface area contributed by atoms with Gasteiger partial charge in [0.05, 0.1) is 11.5 Å². The van der Waals surface area contributed by atoms with Crippen molar-refractivity contribution in [3.63, 3.8) is 0 Å². The summed E-state index contributed by atoms with van der Waals surface area (Å²) in [6, 6.07) is 6.18. The summed E-state index contributed by atoms with van der Waals surface area (Å²) in [4.78, 5) is 12.6. The summed E-state index contributed by atoms with van der Waals surface area (Å²) in [6.07, 6.45) is 1.98. The third-order valence-corrected chi connectivity index (χ3v) is 5.06. The Balaban J connectivity index is 2.10. The van der Waals surface area contributed by atoms with Crippen molar-refractivity contribution in [2.45, 2.75) is 50.5 Å². The summed E-state index contributed by atoms with van der Waals surface area (Å²) in [6.45, 7) is 8.57. The van der Waals surface area contributed by atoms with Crippen LogP contribution in [0.3, 0.4) is 0 Å². The standard InChI is InChI=1S/C18H24N2O2S2/c1-11(2)13-6-7-14(15(8-13)12(3)4)16(21)9-24-18-20-19-17(22-18)10-23-5/h6-8,11-12H,9-10H2,1-5H3. The summed E-state index contributed by atoms with van der Waals surface area (Å²) in [5, 5.41) is 8.40. The van der Waals surface area contributed by atoms with Crippen molar-refractivity contribution >= 4 is 29.3 Å². The van der Waals surface area contributed by atoms with Crippen LogP contribution in [0.15, 0.2) is 27.8 Å². The van der Waals surface area contributed by atoms with Crippen LogP contribution in [0.5, 0.6) is 0 Å². The average Bonchev–Trinajstić information content (AvgIpc) is 3.00. The fourth-order valence-corrected chi connectivity index (χ4v) is 3.38. The number of rotatable bonds is 8. The molecular weight excluding hydrogens is 340 g/mol. The zero-order valence-electron chi connectivity index (χ0n) is 14.8. The summed E-state index contributed by atoms with van der Waals surface area (Å²) in [5.41, 5.74) is 3.17. The van der Waals surface area contributed by atoms with Crippen molar-refractivity contribution in [1.82, 2.24) is 10.2 Å². The van der Waals surface area contributed by atoms with Gasteiger partial charge in [-0.05, 0) is 29.2 Å². The van der Waals surface area contributed by atoms with E-state index in [1.54, 1.807) is 11.8 Å². The van der Waals surface area contributed by atoms with Crippen LogP contribution in [-0.2, 0) is 5.75 Å². The monoisotopic (exact) mass is 364 g/mol. The van der Waals surface area contributed by atoms with E-state index >= 15 is 0 Å². The highest BCUT2D eigenvalue weighted by Gasteiger charge is 2.17. The number of thioether (sulfide) groups is 2. The molecule has 0 bridgehead atoms. The second kappa shape index (κ2) is 8.72. The van der Waals surface area contributed by atoms with Gasteiger partial charge in [-0.1, -0.05) is 57.7 Å². The lowest BCUT2D eigenvalue weighted by atomic mass is 9.90. The number of Topliss-reactive ketones (excluding diaryl/α,β-unsaturated/α-hetero) is 1. The van der Waals surface area contributed by atoms with Crippen molar-refractivity contribution in [2.75, 3.05) is 12.0 Å². The highest BCUT2D eigenvalue weighted by Crippen LogP contribution is 2.27. The van der Waals surface area contributed by atoms with Gasteiger partial charge in [-0.2, -0.15) is 11.8 Å². The van der Waals surface area contributed by atoms with Gasteiger partial charge < -0.3 is 4.42 Å². The van der Waals surface area contributed by atoms with Gasteiger partial charge in [0.15, 0.2) is 5.78 Å². The molecule has 0 aliphatic rings. The van der Waals surface area contributed by atoms with Crippen molar-refractivity contribution in [3.8, 4) is 0 Å². The van der Waals surface area contributed by atoms with E-state index in [1.807, 2.05) is 12.3 Å². The number of hydrogen-bond acceptors (Lipinski definition) is 6. The molecule has 1 aromatic heterocycles. The third-order valence-electron chi connectivity index (χ3n) is 3.71. The summed E-state index contributed by atoms with van der Waals surface area (Å²) < 4.78 is 5.51. The van der Waals surface area contributed by atoms with E-state index in [4.69, 9.17) is 4.42 Å². The molecule has 1 heterocycles. The first kappa shape index (κ1) is 19.1. The van der Waals surface area contributed by atoms with Crippen LogP contribution in [0.1, 0.15) is 66.9 Å². The number of hydrogen-bond donors (Lipinski definition) is 0. The summed E-state index contributed by atoms with van der Waals surface area (Å²) >= 11 is 2.93. The van der Waals surface area contributed by atoms with Gasteiger partial charge in [0.2, 0.25) is 5.89 Å². The fraction of sp³-hybridized carbons (Fsp3) is 0.500. The SMILES string of the molecule is CSCc1nnc(SCC(=O)c2ccc(C(C)C)cc2C(C)C)o1. The molecular formula is C18H24N2O2S2. The summed E-state index contributed by atoms with van der Waals surface area (Å²) in [7, 11) is 0. The van der Waals surface area contributed by atoms with Crippen LogP contribution in [-0.4, -0.2) is 28.0 Å². The Kier molecular flexibility index (Phi) is 6.92. The molecule has 24 heavy (non-hydrogen) atoms. The lowest BCUT2D eigenvalue weighted by molar-refractivity contribution is 0.102. The number of carbonyl (C=O) groups excluding carboxylic acids is 1. The number of nitrogens with zero attached hydrogens (tertiary/aromatic N) is 2. The van der Waals surface area contributed by atoms with Gasteiger partial charge in [-0.3, -0.25) is 4.79 Å². The average molecular weight is 365 g/mol. The molecule has 0 saturated carbocycles. The van der Waals surface area contributed by atoms with E-state index in [2.05, 4.69) is 50.0 Å². The lowest BCUT2D eigenvalue weighted by Gasteiger charge is -2.15. The van der Waals surface area contributed by atoms with Gasteiger partial charge in [0.1, 0.15) is 0 Å². The molecule has 0 aliphatic heterocycles. The molecule has 2 aromatic rings. The normalized spacial score (nSPS) is 11.5. The third kappa shape index (κ3) is 4.86. The Bertz CT molecular complexity index is 696. The largest absolute Gasteiger partial charge is 0.415 e. The number of benzene rings is 1.